The van der Waals surface area contributed by atoms with Crippen molar-refractivity contribution in [2.75, 3.05) is 0 Å². The lowest BCUT2D eigenvalue weighted by Gasteiger charge is -2.24. The lowest BCUT2D eigenvalue weighted by molar-refractivity contribution is 0.628. The lowest BCUT2D eigenvalue weighted by Crippen LogP contribution is -2.16. The van der Waals surface area contributed by atoms with Crippen LogP contribution in [-0.2, 0) is 10.8 Å². The van der Waals surface area contributed by atoms with E-state index in [0.29, 0.717) is 0 Å². The van der Waals surface area contributed by atoms with Gasteiger partial charge in [0, 0.05) is 10.8 Å². The molecule has 0 heterocycles. The van der Waals surface area contributed by atoms with Crippen LogP contribution in [-0.4, -0.2) is 0 Å². The Morgan fingerprint density at radius 1 is 0.471 bits per heavy atom. The summed E-state index contributed by atoms with van der Waals surface area (Å²) in [5, 5.41) is 4.78. The smallest absolute Gasteiger partial charge is 0.123 e. The molecule has 10 rings (SSSR count). The quantitative estimate of drug-likeness (QED) is 0.166. The minimum absolute atomic E-state index is 0.00906. The molecule has 7 aromatic rings. The molecule has 3 aliphatic rings. The van der Waals surface area contributed by atoms with Crippen LogP contribution in [0.2, 0.25) is 0 Å². The van der Waals surface area contributed by atoms with E-state index in [-0.39, 0.29) is 16.6 Å². The Bertz CT molecular complexity index is 2680. The van der Waals surface area contributed by atoms with Gasteiger partial charge in [0.15, 0.2) is 0 Å². The van der Waals surface area contributed by atoms with Gasteiger partial charge in [-0.05, 0) is 143 Å². The lowest BCUT2D eigenvalue weighted by atomic mass is 9.79. The summed E-state index contributed by atoms with van der Waals surface area (Å²) < 4.78 is 14.3. The van der Waals surface area contributed by atoms with E-state index < -0.39 is 0 Å². The number of fused-ring (bicyclic) bond motifs is 7. The van der Waals surface area contributed by atoms with E-state index in [1.165, 1.54) is 88.3 Å². The molecule has 0 aromatic heterocycles. The summed E-state index contributed by atoms with van der Waals surface area (Å²) in [6, 6.07) is 45.8. The topological polar surface area (TPSA) is 0 Å². The van der Waals surface area contributed by atoms with Crippen molar-refractivity contribution in [3.05, 3.63) is 173 Å². The highest BCUT2D eigenvalue weighted by atomic mass is 19.1. The first kappa shape index (κ1) is 30.3. The summed E-state index contributed by atoms with van der Waals surface area (Å²) in [5.74, 6) is -0.222. The Morgan fingerprint density at radius 3 is 1.88 bits per heavy atom. The Kier molecular flexibility index (Phi) is 6.38. The highest BCUT2D eigenvalue weighted by Gasteiger charge is 2.38. The Morgan fingerprint density at radius 2 is 1.08 bits per heavy atom. The molecule has 0 N–H and O–H groups in total. The maximum Gasteiger partial charge on any atom is 0.123 e. The van der Waals surface area contributed by atoms with Crippen LogP contribution in [0.5, 0.6) is 0 Å². The van der Waals surface area contributed by atoms with Crippen LogP contribution in [0.15, 0.2) is 145 Å². The summed E-state index contributed by atoms with van der Waals surface area (Å²) in [6.45, 7) is 9.43. The molecular formula is C50H39F. The molecular weight excluding hydrogens is 620 g/mol. The van der Waals surface area contributed by atoms with Crippen LogP contribution in [0.1, 0.15) is 62.8 Å². The first-order chi connectivity index (χ1) is 24.7. The highest BCUT2D eigenvalue weighted by molar-refractivity contribution is 6.22. The SMILES string of the molecule is CC1(C)C2=C(CCC=C2)c2cc(-c3c4ccccc4c(-c4ccc(F)cc4)c4ccc(-c5ccc6c(c5)C(C)(C)c5ccccc5-6)cc34)ccc21. The fraction of sp³-hybridized carbons (Fsp3) is 0.160. The van der Waals surface area contributed by atoms with Crippen LogP contribution >= 0.6 is 0 Å². The van der Waals surface area contributed by atoms with Gasteiger partial charge in [-0.15, -0.1) is 0 Å². The number of halogens is 1. The maximum atomic E-state index is 14.3. The van der Waals surface area contributed by atoms with Crippen LogP contribution < -0.4 is 0 Å². The second-order valence-corrected chi connectivity index (χ2v) is 15.7. The van der Waals surface area contributed by atoms with Gasteiger partial charge in [-0.2, -0.15) is 0 Å². The van der Waals surface area contributed by atoms with Gasteiger partial charge >= 0.3 is 0 Å². The third kappa shape index (κ3) is 4.31. The average molecular weight is 659 g/mol. The van der Waals surface area contributed by atoms with E-state index in [2.05, 4.69) is 143 Å². The second-order valence-electron chi connectivity index (χ2n) is 15.7. The zero-order chi connectivity index (χ0) is 34.6. The van der Waals surface area contributed by atoms with Crippen molar-refractivity contribution in [3.63, 3.8) is 0 Å². The molecule has 0 aliphatic heterocycles. The van der Waals surface area contributed by atoms with Gasteiger partial charge in [-0.25, -0.2) is 4.39 Å². The zero-order valence-electron chi connectivity index (χ0n) is 29.6. The second kappa shape index (κ2) is 10.7. The summed E-state index contributed by atoms with van der Waals surface area (Å²) in [6.07, 6.45) is 6.87. The molecule has 0 atom stereocenters. The van der Waals surface area contributed by atoms with Gasteiger partial charge in [0.25, 0.3) is 0 Å². The minimum Gasteiger partial charge on any atom is -0.207 e. The van der Waals surface area contributed by atoms with Gasteiger partial charge in [0.2, 0.25) is 0 Å². The van der Waals surface area contributed by atoms with Gasteiger partial charge in [-0.3, -0.25) is 0 Å². The van der Waals surface area contributed by atoms with Gasteiger partial charge < -0.3 is 0 Å². The molecule has 0 saturated carbocycles. The molecule has 1 heteroatoms. The van der Waals surface area contributed by atoms with E-state index >= 15 is 0 Å². The normalized spacial score (nSPS) is 16.3. The Hall–Kier alpha value is -5.53. The first-order valence-corrected chi connectivity index (χ1v) is 18.3. The molecule has 0 bridgehead atoms. The molecule has 7 aromatic carbocycles. The number of hydrogen-bond donors (Lipinski definition) is 0. The Labute approximate surface area is 299 Å². The minimum atomic E-state index is -0.222. The molecule has 0 amide bonds. The van der Waals surface area contributed by atoms with Crippen LogP contribution in [0.3, 0.4) is 0 Å². The third-order valence-corrected chi connectivity index (χ3v) is 12.2. The van der Waals surface area contributed by atoms with E-state index in [9.17, 15) is 4.39 Å². The van der Waals surface area contributed by atoms with E-state index in [1.54, 1.807) is 12.1 Å². The molecule has 0 nitrogen and oxygen atoms in total. The number of benzene rings is 7. The summed E-state index contributed by atoms with van der Waals surface area (Å²) in [7, 11) is 0. The van der Waals surface area contributed by atoms with Crippen molar-refractivity contribution in [1.82, 2.24) is 0 Å². The molecule has 51 heavy (non-hydrogen) atoms. The van der Waals surface area contributed by atoms with Gasteiger partial charge in [0.1, 0.15) is 5.82 Å². The zero-order valence-corrected chi connectivity index (χ0v) is 29.6. The molecule has 0 spiro atoms. The number of hydrogen-bond acceptors (Lipinski definition) is 0. The summed E-state index contributed by atoms with van der Waals surface area (Å²) in [5.41, 5.74) is 18.2. The van der Waals surface area contributed by atoms with Gasteiger partial charge in [0.05, 0.1) is 0 Å². The van der Waals surface area contributed by atoms with Crippen molar-refractivity contribution < 1.29 is 4.39 Å². The van der Waals surface area contributed by atoms with E-state index in [4.69, 9.17) is 0 Å². The monoisotopic (exact) mass is 658 g/mol. The Balaban J connectivity index is 1.25. The summed E-state index contributed by atoms with van der Waals surface area (Å²) in [4.78, 5) is 0. The van der Waals surface area contributed by atoms with Crippen molar-refractivity contribution in [2.45, 2.75) is 51.4 Å². The van der Waals surface area contributed by atoms with Crippen LogP contribution in [0, 0.1) is 5.82 Å². The predicted molar refractivity (Wildman–Crippen MR) is 214 cm³/mol. The van der Waals surface area contributed by atoms with Crippen molar-refractivity contribution in [3.8, 4) is 44.5 Å². The largest absolute Gasteiger partial charge is 0.207 e. The molecule has 246 valence electrons. The van der Waals surface area contributed by atoms with Crippen LogP contribution in [0.4, 0.5) is 4.39 Å². The van der Waals surface area contributed by atoms with Gasteiger partial charge in [-0.1, -0.05) is 137 Å². The number of allylic oxidation sites excluding steroid dienone is 4. The highest BCUT2D eigenvalue weighted by Crippen LogP contribution is 2.53. The van der Waals surface area contributed by atoms with Crippen LogP contribution in [0.25, 0.3) is 71.6 Å². The molecule has 3 aliphatic carbocycles. The third-order valence-electron chi connectivity index (χ3n) is 12.2. The average Bonchev–Trinajstić information content (AvgIpc) is 3.53. The molecule has 0 fully saturated rings. The van der Waals surface area contributed by atoms with Crippen molar-refractivity contribution in [1.29, 1.82) is 0 Å². The molecule has 0 unspecified atom stereocenters. The fourth-order valence-corrected chi connectivity index (χ4v) is 9.65. The van der Waals surface area contributed by atoms with E-state index in [0.717, 1.165) is 24.0 Å². The fourth-order valence-electron chi connectivity index (χ4n) is 9.65. The maximum absolute atomic E-state index is 14.3. The van der Waals surface area contributed by atoms with E-state index in [1.807, 2.05) is 12.1 Å². The molecule has 0 saturated heterocycles. The number of rotatable bonds is 3. The van der Waals surface area contributed by atoms with Crippen molar-refractivity contribution in [2.24, 2.45) is 0 Å². The first-order valence-electron chi connectivity index (χ1n) is 18.3. The summed E-state index contributed by atoms with van der Waals surface area (Å²) >= 11 is 0. The molecule has 0 radical (unpaired) electrons. The van der Waals surface area contributed by atoms with Crippen molar-refractivity contribution >= 4 is 27.1 Å². The standard InChI is InChI=1S/C50H39F/c1-49(2)44-16-10-8-12-36(44)41-28-33(21-26-45(41)49)48-39-14-6-5-13-38(39)47(30-17-22-34(51)23-18-30)40-25-20-31(27-42(40)48)32-19-24-37-35-11-7-9-15-43(35)50(3,4)46(37)29-32/h5-7,9-11,13-29H,8,12H2,1-4H3. The predicted octanol–water partition coefficient (Wildman–Crippen LogP) is 13.8.